The standard InChI is InChI=1S/C13H19N3O3/c17-10-7-16(19-8-10)13(18)11-6-14-15-12(11)9-4-2-1-3-5-9/h6,9-10,17H,1-5,7-8H2,(H,14,15). The Hall–Kier alpha value is -1.40. The number of aliphatic hydroxyl groups excluding tert-OH is 1. The van der Waals surface area contributed by atoms with Crippen LogP contribution in [0.4, 0.5) is 0 Å². The molecule has 2 heterocycles. The Morgan fingerprint density at radius 1 is 1.42 bits per heavy atom. The number of aliphatic hydroxyl groups is 1. The minimum absolute atomic E-state index is 0.183. The number of H-pyrrole nitrogens is 1. The Balaban J connectivity index is 1.77. The van der Waals surface area contributed by atoms with Crippen molar-refractivity contribution < 1.29 is 14.7 Å². The molecule has 1 aromatic rings. The Kier molecular flexibility index (Phi) is 3.52. The van der Waals surface area contributed by atoms with Gasteiger partial charge >= 0.3 is 0 Å². The SMILES string of the molecule is O=C(c1cn[nH]c1C1CCCCC1)N1CC(O)CO1. The van der Waals surface area contributed by atoms with E-state index in [0.29, 0.717) is 11.5 Å². The number of β-amino-alcohol motifs (C(OH)–C–C–N with tert-alkyl or cyclic N) is 1. The topological polar surface area (TPSA) is 78.5 Å². The maximum absolute atomic E-state index is 12.3. The fourth-order valence-electron chi connectivity index (χ4n) is 2.92. The molecule has 1 aliphatic heterocycles. The lowest BCUT2D eigenvalue weighted by molar-refractivity contribution is -0.0780. The summed E-state index contributed by atoms with van der Waals surface area (Å²) in [6.45, 7) is 0.413. The van der Waals surface area contributed by atoms with Crippen molar-refractivity contribution in [1.29, 1.82) is 0 Å². The van der Waals surface area contributed by atoms with Crippen molar-refractivity contribution in [3.05, 3.63) is 17.5 Å². The molecule has 1 aromatic heterocycles. The molecular weight excluding hydrogens is 246 g/mol. The van der Waals surface area contributed by atoms with E-state index in [2.05, 4.69) is 10.2 Å². The maximum Gasteiger partial charge on any atom is 0.280 e. The number of rotatable bonds is 2. The van der Waals surface area contributed by atoms with Gasteiger partial charge in [0.25, 0.3) is 5.91 Å². The summed E-state index contributed by atoms with van der Waals surface area (Å²) in [5, 5.41) is 17.7. The average molecular weight is 265 g/mol. The minimum atomic E-state index is -0.589. The molecule has 3 rings (SSSR count). The number of hydrogen-bond acceptors (Lipinski definition) is 4. The molecule has 2 aliphatic rings. The fraction of sp³-hybridized carbons (Fsp3) is 0.692. The lowest BCUT2D eigenvalue weighted by Crippen LogP contribution is -2.29. The molecule has 6 nitrogen and oxygen atoms in total. The van der Waals surface area contributed by atoms with E-state index < -0.39 is 6.10 Å². The molecule has 0 spiro atoms. The highest BCUT2D eigenvalue weighted by molar-refractivity contribution is 5.94. The number of aromatic nitrogens is 2. The van der Waals surface area contributed by atoms with Gasteiger partial charge in [0.1, 0.15) is 12.7 Å². The monoisotopic (exact) mass is 265 g/mol. The molecule has 0 aromatic carbocycles. The van der Waals surface area contributed by atoms with Gasteiger partial charge in [0.2, 0.25) is 0 Å². The highest BCUT2D eigenvalue weighted by Crippen LogP contribution is 2.33. The summed E-state index contributed by atoms with van der Waals surface area (Å²) in [7, 11) is 0. The largest absolute Gasteiger partial charge is 0.389 e. The van der Waals surface area contributed by atoms with Crippen molar-refractivity contribution in [3.63, 3.8) is 0 Å². The van der Waals surface area contributed by atoms with E-state index in [0.717, 1.165) is 18.5 Å². The summed E-state index contributed by atoms with van der Waals surface area (Å²) in [6, 6.07) is 0. The van der Waals surface area contributed by atoms with E-state index in [9.17, 15) is 9.90 Å². The molecule has 1 saturated carbocycles. The maximum atomic E-state index is 12.3. The van der Waals surface area contributed by atoms with Gasteiger partial charge in [0, 0.05) is 5.92 Å². The van der Waals surface area contributed by atoms with Crippen molar-refractivity contribution in [2.75, 3.05) is 13.2 Å². The second-order valence-electron chi connectivity index (χ2n) is 5.35. The van der Waals surface area contributed by atoms with Gasteiger partial charge in [-0.05, 0) is 12.8 Å². The third-order valence-electron chi connectivity index (χ3n) is 3.94. The van der Waals surface area contributed by atoms with Crippen LogP contribution < -0.4 is 0 Å². The van der Waals surface area contributed by atoms with Crippen LogP contribution in [0.15, 0.2) is 6.20 Å². The molecule has 1 amide bonds. The summed E-state index contributed by atoms with van der Waals surface area (Å²) in [5.74, 6) is 0.189. The van der Waals surface area contributed by atoms with Crippen molar-refractivity contribution in [2.24, 2.45) is 0 Å². The Bertz CT molecular complexity index is 454. The third-order valence-corrected chi connectivity index (χ3v) is 3.94. The first-order valence-corrected chi connectivity index (χ1v) is 6.92. The Morgan fingerprint density at radius 3 is 2.89 bits per heavy atom. The Labute approximate surface area is 111 Å². The molecule has 0 radical (unpaired) electrons. The van der Waals surface area contributed by atoms with Gasteiger partial charge in [0.05, 0.1) is 24.0 Å². The first kappa shape index (κ1) is 12.6. The van der Waals surface area contributed by atoms with Crippen molar-refractivity contribution in [3.8, 4) is 0 Å². The average Bonchev–Trinajstić information content (AvgIpc) is 3.07. The fourth-order valence-corrected chi connectivity index (χ4v) is 2.92. The molecule has 1 unspecified atom stereocenters. The van der Waals surface area contributed by atoms with E-state index in [1.807, 2.05) is 0 Å². The number of carbonyl (C=O) groups excluding carboxylic acids is 1. The predicted molar refractivity (Wildman–Crippen MR) is 67.4 cm³/mol. The number of nitrogens with one attached hydrogen (secondary N) is 1. The number of aromatic amines is 1. The van der Waals surface area contributed by atoms with Gasteiger partial charge in [0.15, 0.2) is 0 Å². The normalized spacial score (nSPS) is 24.9. The highest BCUT2D eigenvalue weighted by atomic mass is 16.7. The summed E-state index contributed by atoms with van der Waals surface area (Å²) < 4.78 is 0. The highest BCUT2D eigenvalue weighted by Gasteiger charge is 2.31. The summed E-state index contributed by atoms with van der Waals surface area (Å²) in [5.41, 5.74) is 1.51. The lowest BCUT2D eigenvalue weighted by Gasteiger charge is -2.22. The van der Waals surface area contributed by atoms with E-state index in [4.69, 9.17) is 4.84 Å². The van der Waals surface area contributed by atoms with E-state index >= 15 is 0 Å². The van der Waals surface area contributed by atoms with Gasteiger partial charge in [-0.2, -0.15) is 5.10 Å². The summed E-state index contributed by atoms with van der Waals surface area (Å²) in [4.78, 5) is 17.5. The Morgan fingerprint density at radius 2 is 2.21 bits per heavy atom. The second-order valence-corrected chi connectivity index (χ2v) is 5.35. The molecule has 1 saturated heterocycles. The van der Waals surface area contributed by atoms with Gasteiger partial charge in [-0.15, -0.1) is 0 Å². The van der Waals surface area contributed by atoms with Crippen LogP contribution in [-0.4, -0.2) is 45.5 Å². The van der Waals surface area contributed by atoms with Crippen LogP contribution >= 0.6 is 0 Å². The van der Waals surface area contributed by atoms with Gasteiger partial charge in [-0.25, -0.2) is 5.06 Å². The zero-order chi connectivity index (χ0) is 13.2. The smallest absolute Gasteiger partial charge is 0.280 e. The molecule has 0 bridgehead atoms. The van der Waals surface area contributed by atoms with Gasteiger partial charge in [-0.1, -0.05) is 19.3 Å². The van der Waals surface area contributed by atoms with Gasteiger partial charge in [-0.3, -0.25) is 14.7 Å². The molecule has 6 heteroatoms. The third kappa shape index (κ3) is 2.50. The molecule has 2 fully saturated rings. The summed E-state index contributed by atoms with van der Waals surface area (Å²) in [6.07, 6.45) is 6.87. The van der Waals surface area contributed by atoms with Crippen LogP contribution in [0.1, 0.15) is 54.1 Å². The van der Waals surface area contributed by atoms with E-state index in [1.54, 1.807) is 6.20 Å². The molecule has 2 N–H and O–H groups in total. The van der Waals surface area contributed by atoms with Crippen molar-refractivity contribution >= 4 is 5.91 Å². The van der Waals surface area contributed by atoms with Crippen LogP contribution in [0.25, 0.3) is 0 Å². The molecular formula is C13H19N3O3. The first-order valence-electron chi connectivity index (χ1n) is 6.92. The zero-order valence-corrected chi connectivity index (χ0v) is 10.8. The first-order chi connectivity index (χ1) is 9.25. The predicted octanol–water partition coefficient (Wildman–Crippen LogP) is 1.21. The van der Waals surface area contributed by atoms with Crippen LogP contribution in [0.2, 0.25) is 0 Å². The molecule has 1 atom stereocenters. The number of carbonyl (C=O) groups is 1. The van der Waals surface area contributed by atoms with Crippen LogP contribution in [-0.2, 0) is 4.84 Å². The van der Waals surface area contributed by atoms with E-state index in [-0.39, 0.29) is 19.1 Å². The van der Waals surface area contributed by atoms with Crippen molar-refractivity contribution in [1.82, 2.24) is 15.3 Å². The van der Waals surface area contributed by atoms with Gasteiger partial charge < -0.3 is 5.11 Å². The van der Waals surface area contributed by atoms with E-state index in [1.165, 1.54) is 24.3 Å². The van der Waals surface area contributed by atoms with Crippen LogP contribution in [0.3, 0.4) is 0 Å². The number of hydrogen-bond donors (Lipinski definition) is 2. The number of amides is 1. The second kappa shape index (κ2) is 5.30. The molecule has 104 valence electrons. The number of hydroxylamine groups is 2. The van der Waals surface area contributed by atoms with Crippen LogP contribution in [0, 0.1) is 0 Å². The number of nitrogens with zero attached hydrogens (tertiary/aromatic N) is 2. The quantitative estimate of drug-likeness (QED) is 0.842. The van der Waals surface area contributed by atoms with Crippen molar-refractivity contribution in [2.45, 2.75) is 44.1 Å². The zero-order valence-electron chi connectivity index (χ0n) is 10.8. The molecule has 19 heavy (non-hydrogen) atoms. The minimum Gasteiger partial charge on any atom is -0.389 e. The van der Waals surface area contributed by atoms with Crippen LogP contribution in [0.5, 0.6) is 0 Å². The molecule has 1 aliphatic carbocycles. The summed E-state index contributed by atoms with van der Waals surface area (Å²) >= 11 is 0. The lowest BCUT2D eigenvalue weighted by atomic mass is 9.85.